The van der Waals surface area contributed by atoms with Crippen LogP contribution in [0.2, 0.25) is 0 Å². The molecule has 0 saturated heterocycles. The second-order valence-corrected chi connectivity index (χ2v) is 7.15. The summed E-state index contributed by atoms with van der Waals surface area (Å²) in [6.45, 7) is 6.61. The second kappa shape index (κ2) is 9.93. The van der Waals surface area contributed by atoms with Crippen molar-refractivity contribution in [3.63, 3.8) is 0 Å². The van der Waals surface area contributed by atoms with Crippen molar-refractivity contribution in [1.29, 1.82) is 0 Å². The minimum Gasteiger partial charge on any atom is -0.493 e. The van der Waals surface area contributed by atoms with Gasteiger partial charge in [-0.1, -0.05) is 48.6 Å². The Morgan fingerprint density at radius 1 is 1.07 bits per heavy atom. The minimum absolute atomic E-state index is 0.358. The molecule has 0 aromatic heterocycles. The van der Waals surface area contributed by atoms with Gasteiger partial charge in [0.2, 0.25) is 0 Å². The molecule has 2 aromatic carbocycles. The van der Waals surface area contributed by atoms with Gasteiger partial charge in [0, 0.05) is 11.6 Å². The van der Waals surface area contributed by atoms with Gasteiger partial charge in [-0.2, -0.15) is 0 Å². The number of hydrogen-bond acceptors (Lipinski definition) is 3. The summed E-state index contributed by atoms with van der Waals surface area (Å²) in [5.74, 6) is 0.595. The molecule has 3 heteroatoms. The van der Waals surface area contributed by atoms with Gasteiger partial charge in [0.05, 0.1) is 13.2 Å². The molecule has 146 valence electrons. The van der Waals surface area contributed by atoms with Gasteiger partial charge in [-0.3, -0.25) is 0 Å². The second-order valence-electron chi connectivity index (χ2n) is 7.15. The summed E-state index contributed by atoms with van der Waals surface area (Å²) in [5.41, 5.74) is 6.51. The smallest absolute Gasteiger partial charge is 0.330 e. The SMILES string of the molecule is C=CC(=O)OCCCCCOc1ccc(C)cc1C1=Cc2ccccc2CC1. The van der Waals surface area contributed by atoms with Crippen LogP contribution in [-0.2, 0) is 16.0 Å². The maximum absolute atomic E-state index is 11.0. The van der Waals surface area contributed by atoms with Crippen LogP contribution in [0.4, 0.5) is 0 Å². The van der Waals surface area contributed by atoms with E-state index in [1.807, 2.05) is 0 Å². The zero-order valence-corrected chi connectivity index (χ0v) is 16.6. The van der Waals surface area contributed by atoms with Crippen LogP contribution >= 0.6 is 0 Å². The van der Waals surface area contributed by atoms with Crippen LogP contribution in [0.15, 0.2) is 55.1 Å². The molecule has 28 heavy (non-hydrogen) atoms. The van der Waals surface area contributed by atoms with Gasteiger partial charge in [-0.15, -0.1) is 0 Å². The van der Waals surface area contributed by atoms with E-state index in [2.05, 4.69) is 62.0 Å². The Kier molecular flexibility index (Phi) is 7.07. The highest BCUT2D eigenvalue weighted by Gasteiger charge is 2.15. The Hall–Kier alpha value is -2.81. The first-order valence-corrected chi connectivity index (χ1v) is 9.99. The number of hydrogen-bond donors (Lipinski definition) is 0. The highest BCUT2D eigenvalue weighted by atomic mass is 16.5. The molecule has 0 radical (unpaired) electrons. The summed E-state index contributed by atoms with van der Waals surface area (Å²) in [4.78, 5) is 11.0. The Morgan fingerprint density at radius 3 is 2.75 bits per heavy atom. The number of esters is 1. The maximum Gasteiger partial charge on any atom is 0.330 e. The molecule has 0 atom stereocenters. The summed E-state index contributed by atoms with van der Waals surface area (Å²) >= 11 is 0. The largest absolute Gasteiger partial charge is 0.493 e. The lowest BCUT2D eigenvalue weighted by molar-refractivity contribution is -0.137. The van der Waals surface area contributed by atoms with E-state index >= 15 is 0 Å². The molecule has 0 N–H and O–H groups in total. The molecule has 0 unspecified atom stereocenters. The van der Waals surface area contributed by atoms with Gasteiger partial charge in [0.1, 0.15) is 5.75 Å². The van der Waals surface area contributed by atoms with Gasteiger partial charge in [-0.25, -0.2) is 4.79 Å². The fourth-order valence-electron chi connectivity index (χ4n) is 3.46. The minimum atomic E-state index is -0.358. The summed E-state index contributed by atoms with van der Waals surface area (Å²) in [7, 11) is 0. The number of unbranched alkanes of at least 4 members (excludes halogenated alkanes) is 2. The zero-order valence-electron chi connectivity index (χ0n) is 16.6. The van der Waals surface area contributed by atoms with E-state index < -0.39 is 0 Å². The number of benzene rings is 2. The predicted octanol–water partition coefficient (Wildman–Crippen LogP) is 5.76. The molecule has 3 nitrogen and oxygen atoms in total. The van der Waals surface area contributed by atoms with Crippen LogP contribution in [-0.4, -0.2) is 19.2 Å². The van der Waals surface area contributed by atoms with E-state index in [1.54, 1.807) is 0 Å². The van der Waals surface area contributed by atoms with Gasteiger partial charge in [0.15, 0.2) is 0 Å². The van der Waals surface area contributed by atoms with Gasteiger partial charge < -0.3 is 9.47 Å². The molecule has 0 aliphatic heterocycles. The number of allylic oxidation sites excluding steroid dienone is 1. The number of aryl methyl sites for hydroxylation is 2. The third kappa shape index (κ3) is 5.35. The van der Waals surface area contributed by atoms with Crippen molar-refractivity contribution in [3.05, 3.63) is 77.4 Å². The fraction of sp³-hybridized carbons (Fsp3) is 0.320. The topological polar surface area (TPSA) is 35.5 Å². The van der Waals surface area contributed by atoms with E-state index in [0.29, 0.717) is 13.2 Å². The molecule has 0 saturated carbocycles. The summed E-state index contributed by atoms with van der Waals surface area (Å²) in [6.07, 6.45) is 8.33. The zero-order chi connectivity index (χ0) is 19.8. The van der Waals surface area contributed by atoms with Crippen molar-refractivity contribution < 1.29 is 14.3 Å². The predicted molar refractivity (Wildman–Crippen MR) is 114 cm³/mol. The Bertz CT molecular complexity index is 864. The van der Waals surface area contributed by atoms with E-state index in [-0.39, 0.29) is 5.97 Å². The van der Waals surface area contributed by atoms with Crippen molar-refractivity contribution in [2.75, 3.05) is 13.2 Å². The standard InChI is InChI=1S/C25H28O3/c1-3-25(26)28-16-8-4-7-15-27-24-14-11-19(2)17-23(24)22-13-12-20-9-5-6-10-21(20)18-22/h3,5-6,9-11,14,17-18H,1,4,7-8,12-13,15-16H2,2H3. The molecule has 0 amide bonds. The molecular formula is C25H28O3. The van der Waals surface area contributed by atoms with Gasteiger partial charge >= 0.3 is 5.97 Å². The van der Waals surface area contributed by atoms with E-state index in [4.69, 9.17) is 9.47 Å². The highest BCUT2D eigenvalue weighted by Crippen LogP contribution is 2.35. The lowest BCUT2D eigenvalue weighted by Gasteiger charge is -2.20. The normalized spacial score (nSPS) is 12.7. The quantitative estimate of drug-likeness (QED) is 0.317. The highest BCUT2D eigenvalue weighted by molar-refractivity contribution is 5.86. The van der Waals surface area contributed by atoms with Crippen LogP contribution in [0.3, 0.4) is 0 Å². The first-order chi connectivity index (χ1) is 13.7. The van der Waals surface area contributed by atoms with Crippen molar-refractivity contribution in [1.82, 2.24) is 0 Å². The van der Waals surface area contributed by atoms with E-state index in [1.165, 1.54) is 33.9 Å². The van der Waals surface area contributed by atoms with Crippen LogP contribution in [0, 0.1) is 6.92 Å². The molecule has 0 spiro atoms. The third-order valence-corrected chi connectivity index (χ3v) is 4.99. The van der Waals surface area contributed by atoms with Gasteiger partial charge in [-0.05, 0) is 67.9 Å². The lowest BCUT2D eigenvalue weighted by Crippen LogP contribution is -2.05. The van der Waals surface area contributed by atoms with Crippen LogP contribution in [0.1, 0.15) is 47.9 Å². The summed E-state index contributed by atoms with van der Waals surface area (Å²) in [5, 5.41) is 0. The first kappa shape index (κ1) is 19.9. The van der Waals surface area contributed by atoms with Crippen LogP contribution < -0.4 is 4.74 Å². The van der Waals surface area contributed by atoms with Crippen molar-refractivity contribution in [2.45, 2.75) is 39.0 Å². The number of rotatable bonds is 9. The lowest BCUT2D eigenvalue weighted by atomic mass is 9.88. The molecular weight excluding hydrogens is 348 g/mol. The van der Waals surface area contributed by atoms with Gasteiger partial charge in [0.25, 0.3) is 0 Å². The number of fused-ring (bicyclic) bond motifs is 1. The molecule has 2 aromatic rings. The van der Waals surface area contributed by atoms with Crippen molar-refractivity contribution >= 4 is 17.6 Å². The summed E-state index contributed by atoms with van der Waals surface area (Å²) in [6, 6.07) is 15.0. The van der Waals surface area contributed by atoms with E-state index in [0.717, 1.165) is 37.9 Å². The van der Waals surface area contributed by atoms with Crippen molar-refractivity contribution in [3.8, 4) is 5.75 Å². The average Bonchev–Trinajstić information content (AvgIpc) is 2.73. The monoisotopic (exact) mass is 376 g/mol. The number of carbonyl (C=O) groups excluding carboxylic acids is 1. The molecule has 0 bridgehead atoms. The molecule has 1 aliphatic carbocycles. The maximum atomic E-state index is 11.0. The van der Waals surface area contributed by atoms with Crippen LogP contribution in [0.5, 0.6) is 5.75 Å². The summed E-state index contributed by atoms with van der Waals surface area (Å²) < 4.78 is 11.1. The molecule has 1 aliphatic rings. The number of carbonyl (C=O) groups is 1. The number of ether oxygens (including phenoxy) is 2. The molecule has 0 fully saturated rings. The molecule has 0 heterocycles. The van der Waals surface area contributed by atoms with Crippen molar-refractivity contribution in [2.24, 2.45) is 0 Å². The fourth-order valence-corrected chi connectivity index (χ4v) is 3.46. The average molecular weight is 376 g/mol. The Labute approximate surface area is 167 Å². The first-order valence-electron chi connectivity index (χ1n) is 9.99. The Balaban J connectivity index is 1.59. The van der Waals surface area contributed by atoms with Crippen LogP contribution in [0.25, 0.3) is 11.6 Å². The third-order valence-electron chi connectivity index (χ3n) is 4.99. The van der Waals surface area contributed by atoms with E-state index in [9.17, 15) is 4.79 Å². The molecule has 3 rings (SSSR count). The Morgan fingerprint density at radius 2 is 1.89 bits per heavy atom.